The zero-order valence-corrected chi connectivity index (χ0v) is 17.7. The zero-order valence-electron chi connectivity index (χ0n) is 16.9. The Morgan fingerprint density at radius 3 is 2.25 bits per heavy atom. The summed E-state index contributed by atoms with van der Waals surface area (Å²) < 4.78 is 28.3. The summed E-state index contributed by atoms with van der Waals surface area (Å²) >= 11 is 0. The molecule has 2 aromatic rings. The number of carbonyl (C=O) groups excluding carboxylic acids is 1. The number of aliphatic hydroxyl groups excluding tert-OH is 1. The monoisotopic (exact) mass is 404 g/mol. The van der Waals surface area contributed by atoms with Crippen LogP contribution in [-0.2, 0) is 15.4 Å². The van der Waals surface area contributed by atoms with E-state index in [1.807, 2.05) is 32.9 Å². The molecule has 0 aliphatic carbocycles. The molecule has 0 aliphatic heterocycles. The van der Waals surface area contributed by atoms with Crippen molar-refractivity contribution >= 4 is 21.6 Å². The van der Waals surface area contributed by atoms with Gasteiger partial charge in [-0.05, 0) is 60.7 Å². The summed E-state index contributed by atoms with van der Waals surface area (Å²) in [5, 5.41) is 11.7. The number of hydrogen-bond donors (Lipinski definition) is 3. The number of carbonyl (C=O) groups is 1. The van der Waals surface area contributed by atoms with E-state index in [1.165, 1.54) is 12.1 Å². The second-order valence-corrected chi connectivity index (χ2v) is 9.62. The van der Waals surface area contributed by atoms with Crippen LogP contribution < -0.4 is 10.0 Å². The maximum Gasteiger partial charge on any atom is 0.262 e. The Balaban J connectivity index is 2.24. The van der Waals surface area contributed by atoms with Crippen LogP contribution in [0.1, 0.15) is 49.2 Å². The van der Waals surface area contributed by atoms with E-state index in [0.717, 1.165) is 5.56 Å². The minimum Gasteiger partial charge on any atom is -0.394 e. The predicted molar refractivity (Wildman–Crippen MR) is 111 cm³/mol. The summed E-state index contributed by atoms with van der Waals surface area (Å²) in [7, 11) is -3.77. The third kappa shape index (κ3) is 5.33. The lowest BCUT2D eigenvalue weighted by Crippen LogP contribution is -2.34. The van der Waals surface area contributed by atoms with E-state index in [2.05, 4.69) is 10.0 Å². The molecular formula is C21H28N2O4S. The molecule has 6 nitrogen and oxygen atoms in total. The van der Waals surface area contributed by atoms with E-state index in [4.69, 9.17) is 5.11 Å². The van der Waals surface area contributed by atoms with Crippen LogP contribution >= 0.6 is 0 Å². The molecule has 0 aromatic heterocycles. The average molecular weight is 405 g/mol. The molecule has 3 N–H and O–H groups in total. The number of benzene rings is 2. The number of amides is 1. The summed E-state index contributed by atoms with van der Waals surface area (Å²) in [5.74, 6) is -0.329. The van der Waals surface area contributed by atoms with E-state index in [0.29, 0.717) is 16.8 Å². The van der Waals surface area contributed by atoms with Crippen molar-refractivity contribution in [2.45, 2.75) is 51.0 Å². The summed E-state index contributed by atoms with van der Waals surface area (Å²) in [5.41, 5.74) is 2.18. The topological polar surface area (TPSA) is 95.5 Å². The first-order chi connectivity index (χ1) is 12.9. The number of aryl methyl sites for hydroxylation is 1. The normalized spacial score (nSPS) is 13.1. The Bertz CT molecular complexity index is 945. The number of aliphatic hydroxyl groups is 1. The smallest absolute Gasteiger partial charge is 0.262 e. The molecule has 0 aliphatic rings. The van der Waals surface area contributed by atoms with Gasteiger partial charge in [0.25, 0.3) is 15.9 Å². The van der Waals surface area contributed by atoms with Crippen molar-refractivity contribution in [2.24, 2.45) is 0 Å². The third-order valence-corrected chi connectivity index (χ3v) is 5.92. The van der Waals surface area contributed by atoms with Crippen molar-refractivity contribution in [3.05, 3.63) is 59.2 Å². The van der Waals surface area contributed by atoms with Crippen molar-refractivity contribution in [3.63, 3.8) is 0 Å². The quantitative estimate of drug-likeness (QED) is 0.689. The molecule has 0 radical (unpaired) electrons. The molecule has 0 saturated carbocycles. The lowest BCUT2D eigenvalue weighted by Gasteiger charge is -2.21. The first-order valence-electron chi connectivity index (χ1n) is 9.10. The van der Waals surface area contributed by atoms with Gasteiger partial charge in [0.05, 0.1) is 11.5 Å². The molecule has 0 fully saturated rings. The van der Waals surface area contributed by atoms with Gasteiger partial charge in [0.2, 0.25) is 0 Å². The Morgan fingerprint density at radius 2 is 1.71 bits per heavy atom. The highest BCUT2D eigenvalue weighted by molar-refractivity contribution is 7.92. The van der Waals surface area contributed by atoms with Crippen LogP contribution in [0.3, 0.4) is 0 Å². The fraction of sp³-hybridized carbons (Fsp3) is 0.381. The second kappa shape index (κ2) is 8.32. The molecule has 152 valence electrons. The van der Waals surface area contributed by atoms with Crippen molar-refractivity contribution in [1.82, 2.24) is 5.32 Å². The van der Waals surface area contributed by atoms with Crippen LogP contribution in [0.4, 0.5) is 5.69 Å². The molecule has 0 heterocycles. The molecule has 28 heavy (non-hydrogen) atoms. The molecular weight excluding hydrogens is 376 g/mol. The molecule has 0 saturated heterocycles. The maximum absolute atomic E-state index is 12.9. The van der Waals surface area contributed by atoms with Crippen molar-refractivity contribution in [2.75, 3.05) is 11.3 Å². The number of anilines is 1. The van der Waals surface area contributed by atoms with Crippen LogP contribution in [0.5, 0.6) is 0 Å². The number of hydrogen-bond acceptors (Lipinski definition) is 4. The summed E-state index contributed by atoms with van der Waals surface area (Å²) in [6.07, 6.45) is 0. The Hall–Kier alpha value is -2.38. The van der Waals surface area contributed by atoms with Gasteiger partial charge in [0.1, 0.15) is 0 Å². The van der Waals surface area contributed by atoms with E-state index in [9.17, 15) is 13.2 Å². The minimum atomic E-state index is -3.77. The SMILES string of the molecule is Cc1ccc(C(C)(C)C)cc1S(=O)(=O)Nc1ccc(C(=O)NC(C)CO)cc1. The molecule has 0 spiro atoms. The van der Waals surface area contributed by atoms with Crippen LogP contribution in [0.25, 0.3) is 0 Å². The predicted octanol–water partition coefficient (Wildman–Crippen LogP) is 3.20. The molecule has 7 heteroatoms. The van der Waals surface area contributed by atoms with Crippen LogP contribution in [0.2, 0.25) is 0 Å². The summed E-state index contributed by atoms with van der Waals surface area (Å²) in [6.45, 7) is 9.39. The van der Waals surface area contributed by atoms with Gasteiger partial charge >= 0.3 is 0 Å². The first kappa shape index (κ1) is 21.9. The Kier molecular flexibility index (Phi) is 6.52. The fourth-order valence-corrected chi connectivity index (χ4v) is 3.94. The maximum atomic E-state index is 12.9. The van der Waals surface area contributed by atoms with Gasteiger partial charge in [0.15, 0.2) is 0 Å². The standard InChI is InChI=1S/C21H28N2O4S/c1-14-6-9-17(21(3,4)5)12-19(14)28(26,27)23-18-10-7-16(8-11-18)20(25)22-15(2)13-24/h6-12,15,23-24H,13H2,1-5H3,(H,22,25). The number of nitrogens with one attached hydrogen (secondary N) is 2. The lowest BCUT2D eigenvalue weighted by molar-refractivity contribution is 0.0922. The van der Waals surface area contributed by atoms with Crippen LogP contribution in [0, 0.1) is 6.92 Å². The van der Waals surface area contributed by atoms with Gasteiger partial charge in [0, 0.05) is 17.3 Å². The van der Waals surface area contributed by atoms with E-state index < -0.39 is 10.0 Å². The van der Waals surface area contributed by atoms with Crippen LogP contribution in [0.15, 0.2) is 47.4 Å². The van der Waals surface area contributed by atoms with Crippen molar-refractivity contribution in [1.29, 1.82) is 0 Å². The van der Waals surface area contributed by atoms with Gasteiger partial charge in [-0.3, -0.25) is 9.52 Å². The minimum absolute atomic E-state index is 0.156. The van der Waals surface area contributed by atoms with E-state index in [-0.39, 0.29) is 28.9 Å². The van der Waals surface area contributed by atoms with Gasteiger partial charge < -0.3 is 10.4 Å². The van der Waals surface area contributed by atoms with Gasteiger partial charge in [-0.15, -0.1) is 0 Å². The summed E-state index contributed by atoms with van der Waals surface area (Å²) in [6, 6.07) is 11.3. The molecule has 1 unspecified atom stereocenters. The lowest BCUT2D eigenvalue weighted by atomic mass is 9.87. The number of rotatable bonds is 6. The molecule has 2 aromatic carbocycles. The molecule has 2 rings (SSSR count). The van der Waals surface area contributed by atoms with E-state index >= 15 is 0 Å². The van der Waals surface area contributed by atoms with Gasteiger partial charge in [-0.25, -0.2) is 8.42 Å². The van der Waals surface area contributed by atoms with E-state index in [1.54, 1.807) is 32.0 Å². The third-order valence-electron chi connectivity index (χ3n) is 4.39. The molecule has 0 bridgehead atoms. The second-order valence-electron chi connectivity index (χ2n) is 7.97. The molecule has 1 amide bonds. The van der Waals surface area contributed by atoms with Crippen molar-refractivity contribution < 1.29 is 18.3 Å². The zero-order chi connectivity index (χ0) is 21.1. The highest BCUT2D eigenvalue weighted by Gasteiger charge is 2.21. The highest BCUT2D eigenvalue weighted by Crippen LogP contribution is 2.27. The largest absolute Gasteiger partial charge is 0.394 e. The van der Waals surface area contributed by atoms with Gasteiger partial charge in [-0.1, -0.05) is 32.9 Å². The Morgan fingerprint density at radius 1 is 1.11 bits per heavy atom. The number of sulfonamides is 1. The summed E-state index contributed by atoms with van der Waals surface area (Å²) in [4.78, 5) is 12.3. The van der Waals surface area contributed by atoms with Crippen molar-refractivity contribution in [3.8, 4) is 0 Å². The fourth-order valence-electron chi connectivity index (χ4n) is 2.61. The Labute approximate surface area is 167 Å². The first-order valence-corrected chi connectivity index (χ1v) is 10.6. The van der Waals surface area contributed by atoms with Crippen LogP contribution in [-0.4, -0.2) is 32.1 Å². The average Bonchev–Trinajstić information content (AvgIpc) is 2.61. The molecule has 1 atom stereocenters. The van der Waals surface area contributed by atoms with Gasteiger partial charge in [-0.2, -0.15) is 0 Å². The highest BCUT2D eigenvalue weighted by atomic mass is 32.2.